The molecule has 1 atom stereocenters. The predicted octanol–water partition coefficient (Wildman–Crippen LogP) is 3.15. The van der Waals surface area contributed by atoms with E-state index in [0.717, 1.165) is 24.2 Å². The SMILES string of the molecule is Cc1cc(F)ccc1C(CN)N1Cc2ccccc2C1. The molecule has 0 fully saturated rings. The summed E-state index contributed by atoms with van der Waals surface area (Å²) in [4.78, 5) is 2.37. The normalized spacial score (nSPS) is 16.1. The maximum absolute atomic E-state index is 13.3. The van der Waals surface area contributed by atoms with Crippen LogP contribution in [-0.4, -0.2) is 11.4 Å². The number of fused-ring (bicyclic) bond motifs is 1. The molecule has 0 spiro atoms. The van der Waals surface area contributed by atoms with Gasteiger partial charge in [0.15, 0.2) is 0 Å². The molecular weight excluding hydrogens is 251 g/mol. The monoisotopic (exact) mass is 270 g/mol. The van der Waals surface area contributed by atoms with E-state index < -0.39 is 0 Å². The molecule has 2 N–H and O–H groups in total. The zero-order chi connectivity index (χ0) is 14.1. The number of hydrogen-bond acceptors (Lipinski definition) is 2. The second-order valence-corrected chi connectivity index (χ2v) is 5.43. The van der Waals surface area contributed by atoms with Crippen molar-refractivity contribution in [3.05, 3.63) is 70.5 Å². The summed E-state index contributed by atoms with van der Waals surface area (Å²) in [6, 6.07) is 13.6. The minimum Gasteiger partial charge on any atom is -0.329 e. The second-order valence-electron chi connectivity index (χ2n) is 5.43. The van der Waals surface area contributed by atoms with Gasteiger partial charge < -0.3 is 5.73 Å². The highest BCUT2D eigenvalue weighted by atomic mass is 19.1. The molecule has 3 heteroatoms. The Morgan fingerprint density at radius 1 is 1.15 bits per heavy atom. The van der Waals surface area contributed by atoms with Crippen molar-refractivity contribution in [2.75, 3.05) is 6.54 Å². The lowest BCUT2D eigenvalue weighted by Crippen LogP contribution is -2.30. The maximum atomic E-state index is 13.3. The minimum absolute atomic E-state index is 0.142. The minimum atomic E-state index is -0.188. The van der Waals surface area contributed by atoms with E-state index in [2.05, 4.69) is 29.2 Å². The molecule has 1 unspecified atom stereocenters. The Labute approximate surface area is 119 Å². The first-order chi connectivity index (χ1) is 9.69. The average Bonchev–Trinajstić information content (AvgIpc) is 2.85. The highest BCUT2D eigenvalue weighted by Gasteiger charge is 2.26. The highest BCUT2D eigenvalue weighted by molar-refractivity contribution is 5.34. The van der Waals surface area contributed by atoms with Gasteiger partial charge >= 0.3 is 0 Å². The van der Waals surface area contributed by atoms with E-state index in [1.165, 1.54) is 17.2 Å². The Hall–Kier alpha value is -1.71. The van der Waals surface area contributed by atoms with Crippen LogP contribution in [0.3, 0.4) is 0 Å². The summed E-state index contributed by atoms with van der Waals surface area (Å²) in [5.41, 5.74) is 10.8. The molecule has 1 aliphatic rings. The molecule has 1 heterocycles. The third-order valence-corrected chi connectivity index (χ3v) is 4.12. The lowest BCUT2D eigenvalue weighted by atomic mass is 10.00. The van der Waals surface area contributed by atoms with Gasteiger partial charge in [-0.05, 0) is 41.3 Å². The molecule has 3 rings (SSSR count). The molecule has 0 amide bonds. The molecule has 0 saturated carbocycles. The first-order valence-electron chi connectivity index (χ1n) is 6.96. The molecule has 1 aliphatic heterocycles. The summed E-state index contributed by atoms with van der Waals surface area (Å²) in [6.45, 7) is 4.31. The van der Waals surface area contributed by atoms with E-state index in [1.54, 1.807) is 6.07 Å². The number of benzene rings is 2. The van der Waals surface area contributed by atoms with Crippen molar-refractivity contribution in [1.29, 1.82) is 0 Å². The van der Waals surface area contributed by atoms with Crippen LogP contribution in [0.2, 0.25) is 0 Å². The fourth-order valence-corrected chi connectivity index (χ4v) is 3.07. The number of aryl methyl sites for hydroxylation is 1. The van der Waals surface area contributed by atoms with Crippen LogP contribution in [0.5, 0.6) is 0 Å². The van der Waals surface area contributed by atoms with Crippen LogP contribution in [0.15, 0.2) is 42.5 Å². The zero-order valence-electron chi connectivity index (χ0n) is 11.6. The molecule has 2 aromatic carbocycles. The number of halogens is 1. The van der Waals surface area contributed by atoms with Crippen molar-refractivity contribution in [3.8, 4) is 0 Å². The summed E-state index contributed by atoms with van der Waals surface area (Å²) >= 11 is 0. The summed E-state index contributed by atoms with van der Waals surface area (Å²) in [5, 5.41) is 0. The third-order valence-electron chi connectivity index (χ3n) is 4.12. The van der Waals surface area contributed by atoms with Gasteiger partial charge in [-0.1, -0.05) is 30.3 Å². The van der Waals surface area contributed by atoms with Gasteiger partial charge in [0, 0.05) is 25.7 Å². The fraction of sp³-hybridized carbons (Fsp3) is 0.294. The summed E-state index contributed by atoms with van der Waals surface area (Å²) < 4.78 is 13.3. The van der Waals surface area contributed by atoms with Gasteiger partial charge in [-0.2, -0.15) is 0 Å². The van der Waals surface area contributed by atoms with Crippen LogP contribution in [-0.2, 0) is 13.1 Å². The van der Waals surface area contributed by atoms with Crippen molar-refractivity contribution in [2.45, 2.75) is 26.1 Å². The number of nitrogens with two attached hydrogens (primary N) is 1. The van der Waals surface area contributed by atoms with Crippen LogP contribution in [0.1, 0.15) is 28.3 Å². The quantitative estimate of drug-likeness (QED) is 0.928. The second kappa shape index (κ2) is 5.35. The standard InChI is InChI=1S/C17H19FN2/c1-12-8-15(18)6-7-16(12)17(9-19)20-10-13-4-2-3-5-14(13)11-20/h2-8,17H,9-11,19H2,1H3. The van der Waals surface area contributed by atoms with Crippen LogP contribution in [0.4, 0.5) is 4.39 Å². The Balaban J connectivity index is 1.89. The maximum Gasteiger partial charge on any atom is 0.123 e. The summed E-state index contributed by atoms with van der Waals surface area (Å²) in [5.74, 6) is -0.188. The number of nitrogens with zero attached hydrogens (tertiary/aromatic N) is 1. The van der Waals surface area contributed by atoms with Gasteiger partial charge in [0.05, 0.1) is 0 Å². The molecular formula is C17H19FN2. The Bertz CT molecular complexity index is 599. The molecule has 0 bridgehead atoms. The zero-order valence-corrected chi connectivity index (χ0v) is 11.6. The molecule has 20 heavy (non-hydrogen) atoms. The van der Waals surface area contributed by atoms with Crippen LogP contribution in [0, 0.1) is 12.7 Å². The van der Waals surface area contributed by atoms with Crippen molar-refractivity contribution < 1.29 is 4.39 Å². The first-order valence-corrected chi connectivity index (χ1v) is 6.96. The van der Waals surface area contributed by atoms with E-state index in [9.17, 15) is 4.39 Å². The van der Waals surface area contributed by atoms with E-state index >= 15 is 0 Å². The van der Waals surface area contributed by atoms with Gasteiger partial charge in [0.1, 0.15) is 5.82 Å². The highest BCUT2D eigenvalue weighted by Crippen LogP contribution is 2.32. The Morgan fingerprint density at radius 3 is 2.35 bits per heavy atom. The van der Waals surface area contributed by atoms with Gasteiger partial charge in [-0.25, -0.2) is 4.39 Å². The first kappa shape index (κ1) is 13.3. The smallest absolute Gasteiger partial charge is 0.123 e. The molecule has 0 aliphatic carbocycles. The van der Waals surface area contributed by atoms with Crippen molar-refractivity contribution in [1.82, 2.24) is 4.90 Å². The Morgan fingerprint density at radius 2 is 1.80 bits per heavy atom. The lowest BCUT2D eigenvalue weighted by molar-refractivity contribution is 0.204. The summed E-state index contributed by atoms with van der Waals surface area (Å²) in [7, 11) is 0. The number of rotatable bonds is 3. The topological polar surface area (TPSA) is 29.3 Å². The average molecular weight is 270 g/mol. The van der Waals surface area contributed by atoms with Crippen LogP contribution < -0.4 is 5.73 Å². The third kappa shape index (κ3) is 2.35. The molecule has 2 nitrogen and oxygen atoms in total. The van der Waals surface area contributed by atoms with Gasteiger partial charge in [-0.3, -0.25) is 4.90 Å². The van der Waals surface area contributed by atoms with Gasteiger partial charge in [0.25, 0.3) is 0 Å². The van der Waals surface area contributed by atoms with Crippen LogP contribution in [0.25, 0.3) is 0 Å². The van der Waals surface area contributed by atoms with E-state index in [0.29, 0.717) is 6.54 Å². The van der Waals surface area contributed by atoms with Crippen molar-refractivity contribution in [3.63, 3.8) is 0 Å². The molecule has 2 aromatic rings. The summed E-state index contributed by atoms with van der Waals surface area (Å²) in [6.07, 6.45) is 0. The molecule has 0 aromatic heterocycles. The largest absolute Gasteiger partial charge is 0.329 e. The van der Waals surface area contributed by atoms with E-state index in [1.807, 2.05) is 13.0 Å². The van der Waals surface area contributed by atoms with Gasteiger partial charge in [-0.15, -0.1) is 0 Å². The van der Waals surface area contributed by atoms with Crippen molar-refractivity contribution in [2.24, 2.45) is 5.73 Å². The molecule has 104 valence electrons. The molecule has 0 saturated heterocycles. The number of hydrogen-bond donors (Lipinski definition) is 1. The van der Waals surface area contributed by atoms with E-state index in [4.69, 9.17) is 5.73 Å². The Kier molecular flexibility index (Phi) is 3.55. The van der Waals surface area contributed by atoms with E-state index in [-0.39, 0.29) is 11.9 Å². The fourth-order valence-electron chi connectivity index (χ4n) is 3.07. The van der Waals surface area contributed by atoms with Crippen molar-refractivity contribution >= 4 is 0 Å². The van der Waals surface area contributed by atoms with Gasteiger partial charge in [0.2, 0.25) is 0 Å². The predicted molar refractivity (Wildman–Crippen MR) is 78.6 cm³/mol. The molecule has 0 radical (unpaired) electrons. The van der Waals surface area contributed by atoms with Crippen LogP contribution >= 0.6 is 0 Å². The lowest BCUT2D eigenvalue weighted by Gasteiger charge is -2.28.